The maximum Gasteiger partial charge on any atom is 0.169 e. The number of benzene rings is 1. The maximum absolute atomic E-state index is 12.8. The van der Waals surface area contributed by atoms with Gasteiger partial charge in [0, 0.05) is 19.1 Å². The number of thiocarbonyl (C=S) groups is 1. The van der Waals surface area contributed by atoms with Crippen molar-refractivity contribution in [1.82, 2.24) is 10.2 Å². The molecule has 0 aliphatic carbocycles. The molecule has 1 aromatic rings. The van der Waals surface area contributed by atoms with Crippen LogP contribution in [0.1, 0.15) is 18.9 Å². The molecule has 1 heterocycles. The Balaban J connectivity index is 1.93. The fourth-order valence-electron chi connectivity index (χ4n) is 2.47. The predicted octanol–water partition coefficient (Wildman–Crippen LogP) is 1.71. The monoisotopic (exact) mass is 330 g/mol. The highest BCUT2D eigenvalue weighted by Gasteiger charge is 2.32. The first-order valence-electron chi connectivity index (χ1n) is 6.90. The van der Waals surface area contributed by atoms with Gasteiger partial charge in [0.05, 0.1) is 11.5 Å². The quantitative estimate of drug-likeness (QED) is 0.852. The van der Waals surface area contributed by atoms with E-state index >= 15 is 0 Å². The van der Waals surface area contributed by atoms with Gasteiger partial charge >= 0.3 is 0 Å². The van der Waals surface area contributed by atoms with Crippen molar-refractivity contribution in [3.63, 3.8) is 0 Å². The van der Waals surface area contributed by atoms with Crippen molar-refractivity contribution in [2.24, 2.45) is 0 Å². The number of rotatable bonds is 4. The van der Waals surface area contributed by atoms with Crippen LogP contribution in [-0.2, 0) is 16.4 Å². The van der Waals surface area contributed by atoms with Crippen LogP contribution in [0.15, 0.2) is 24.3 Å². The third-order valence-corrected chi connectivity index (χ3v) is 5.74. The Labute approximate surface area is 130 Å². The molecule has 0 spiro atoms. The smallest absolute Gasteiger partial charge is 0.169 e. The number of sulfone groups is 1. The Kier molecular flexibility index (Phi) is 5.16. The lowest BCUT2D eigenvalue weighted by atomic mass is 10.2. The minimum Gasteiger partial charge on any atom is -0.358 e. The van der Waals surface area contributed by atoms with Gasteiger partial charge in [-0.05, 0) is 43.3 Å². The molecule has 0 radical (unpaired) electrons. The summed E-state index contributed by atoms with van der Waals surface area (Å²) in [6.07, 6.45) is 0.620. The molecule has 1 aliphatic heterocycles. The Morgan fingerprint density at radius 2 is 2.10 bits per heavy atom. The van der Waals surface area contributed by atoms with E-state index in [4.69, 9.17) is 12.2 Å². The van der Waals surface area contributed by atoms with Crippen LogP contribution in [0.5, 0.6) is 0 Å². The summed E-state index contributed by atoms with van der Waals surface area (Å²) in [6.45, 7) is 3.11. The van der Waals surface area contributed by atoms with Crippen LogP contribution in [0.2, 0.25) is 0 Å². The van der Waals surface area contributed by atoms with Gasteiger partial charge in [0.2, 0.25) is 0 Å². The summed E-state index contributed by atoms with van der Waals surface area (Å²) < 4.78 is 36.0. The van der Waals surface area contributed by atoms with Crippen molar-refractivity contribution in [2.45, 2.75) is 25.9 Å². The number of hydrogen-bond donors (Lipinski definition) is 1. The highest BCUT2D eigenvalue weighted by Crippen LogP contribution is 2.18. The Hall–Kier alpha value is -1.21. The predicted molar refractivity (Wildman–Crippen MR) is 85.3 cm³/mol. The van der Waals surface area contributed by atoms with E-state index in [1.165, 1.54) is 12.1 Å². The minimum atomic E-state index is -2.93. The molecule has 1 N–H and O–H groups in total. The average Bonchev–Trinajstić information content (AvgIpc) is 2.79. The van der Waals surface area contributed by atoms with E-state index in [9.17, 15) is 12.8 Å². The van der Waals surface area contributed by atoms with Crippen LogP contribution in [0.25, 0.3) is 0 Å². The second-order valence-corrected chi connectivity index (χ2v) is 7.74. The maximum atomic E-state index is 12.8. The normalized spacial score (nSPS) is 20.2. The molecule has 0 aromatic heterocycles. The summed E-state index contributed by atoms with van der Waals surface area (Å²) in [5.74, 6) is 0.126. The molecule has 2 rings (SSSR count). The van der Waals surface area contributed by atoms with E-state index in [0.29, 0.717) is 24.6 Å². The third-order valence-electron chi connectivity index (χ3n) is 3.61. The lowest BCUT2D eigenvalue weighted by Gasteiger charge is -2.29. The molecular formula is C14H19FN2O2S2. The molecule has 0 saturated carbocycles. The van der Waals surface area contributed by atoms with E-state index in [1.54, 1.807) is 12.1 Å². The summed E-state index contributed by atoms with van der Waals surface area (Å²) in [5, 5.41) is 3.66. The van der Waals surface area contributed by atoms with Crippen LogP contribution >= 0.6 is 12.2 Å². The fourth-order valence-corrected chi connectivity index (χ4v) is 4.55. The van der Waals surface area contributed by atoms with Crippen molar-refractivity contribution in [3.8, 4) is 0 Å². The van der Waals surface area contributed by atoms with Crippen molar-refractivity contribution in [2.75, 3.05) is 18.1 Å². The van der Waals surface area contributed by atoms with Crippen LogP contribution < -0.4 is 5.32 Å². The zero-order valence-corrected chi connectivity index (χ0v) is 13.5. The number of halogens is 1. The Morgan fingerprint density at radius 3 is 2.62 bits per heavy atom. The lowest BCUT2D eigenvalue weighted by Crippen LogP contribution is -2.46. The standard InChI is InChI=1S/C14H19FN2O2S2/c1-2-17(13-7-8-21(18,19)10-13)14(20)16-9-11-3-5-12(15)6-4-11/h3-6,13H,2,7-10H2,1H3,(H,16,20)/t13-/m1/s1. The van der Waals surface area contributed by atoms with Crippen LogP contribution in [-0.4, -0.2) is 42.5 Å². The van der Waals surface area contributed by atoms with Crippen LogP contribution in [0, 0.1) is 5.82 Å². The Morgan fingerprint density at radius 1 is 1.43 bits per heavy atom. The molecule has 4 nitrogen and oxygen atoms in total. The van der Waals surface area contributed by atoms with Gasteiger partial charge in [0.1, 0.15) is 5.82 Å². The van der Waals surface area contributed by atoms with E-state index in [-0.39, 0.29) is 23.4 Å². The molecule has 1 aliphatic rings. The number of hydrogen-bond acceptors (Lipinski definition) is 3. The topological polar surface area (TPSA) is 49.4 Å². The van der Waals surface area contributed by atoms with Crippen molar-refractivity contribution in [3.05, 3.63) is 35.6 Å². The molecular weight excluding hydrogens is 311 g/mol. The molecule has 7 heteroatoms. The largest absolute Gasteiger partial charge is 0.358 e. The molecule has 1 saturated heterocycles. The van der Waals surface area contributed by atoms with Gasteiger partial charge in [-0.15, -0.1) is 0 Å². The highest BCUT2D eigenvalue weighted by molar-refractivity contribution is 7.91. The van der Waals surface area contributed by atoms with E-state index in [2.05, 4.69) is 5.32 Å². The minimum absolute atomic E-state index is 0.0479. The van der Waals surface area contributed by atoms with E-state index < -0.39 is 9.84 Å². The SMILES string of the molecule is CCN(C(=S)NCc1ccc(F)cc1)[C@@H]1CCS(=O)(=O)C1. The summed E-state index contributed by atoms with van der Waals surface area (Å²) in [5.41, 5.74) is 0.925. The summed E-state index contributed by atoms with van der Waals surface area (Å²) in [7, 11) is -2.93. The average molecular weight is 330 g/mol. The van der Waals surface area contributed by atoms with Gasteiger partial charge < -0.3 is 10.2 Å². The first-order valence-corrected chi connectivity index (χ1v) is 9.13. The summed E-state index contributed by atoms with van der Waals surface area (Å²) in [6, 6.07) is 6.15. The van der Waals surface area contributed by atoms with Gasteiger partial charge in [-0.1, -0.05) is 12.1 Å². The molecule has 116 valence electrons. The zero-order chi connectivity index (χ0) is 15.5. The van der Waals surface area contributed by atoms with E-state index in [0.717, 1.165) is 5.56 Å². The zero-order valence-electron chi connectivity index (χ0n) is 11.9. The molecule has 0 unspecified atom stereocenters. The van der Waals surface area contributed by atoms with Crippen molar-refractivity contribution >= 4 is 27.2 Å². The van der Waals surface area contributed by atoms with E-state index in [1.807, 2.05) is 11.8 Å². The van der Waals surface area contributed by atoms with Gasteiger partial charge in [0.25, 0.3) is 0 Å². The van der Waals surface area contributed by atoms with Crippen LogP contribution in [0.4, 0.5) is 4.39 Å². The number of nitrogens with one attached hydrogen (secondary N) is 1. The van der Waals surface area contributed by atoms with Crippen molar-refractivity contribution in [1.29, 1.82) is 0 Å². The lowest BCUT2D eigenvalue weighted by molar-refractivity contribution is 0.345. The molecule has 1 aromatic carbocycles. The molecule has 0 bridgehead atoms. The van der Waals surface area contributed by atoms with Crippen LogP contribution in [0.3, 0.4) is 0 Å². The number of nitrogens with zero attached hydrogens (tertiary/aromatic N) is 1. The first-order chi connectivity index (χ1) is 9.91. The first kappa shape index (κ1) is 16.2. The van der Waals surface area contributed by atoms with Gasteiger partial charge in [-0.25, -0.2) is 12.8 Å². The summed E-state index contributed by atoms with van der Waals surface area (Å²) >= 11 is 5.36. The second-order valence-electron chi connectivity index (χ2n) is 5.13. The molecule has 0 amide bonds. The third kappa shape index (κ3) is 4.38. The highest BCUT2D eigenvalue weighted by atomic mass is 32.2. The molecule has 1 atom stereocenters. The summed E-state index contributed by atoms with van der Waals surface area (Å²) in [4.78, 5) is 1.92. The van der Waals surface area contributed by atoms with Crippen molar-refractivity contribution < 1.29 is 12.8 Å². The van der Waals surface area contributed by atoms with Gasteiger partial charge in [-0.3, -0.25) is 0 Å². The second kappa shape index (κ2) is 6.70. The van der Waals surface area contributed by atoms with Gasteiger partial charge in [0.15, 0.2) is 14.9 Å². The molecule has 21 heavy (non-hydrogen) atoms. The fraction of sp³-hybridized carbons (Fsp3) is 0.500. The molecule has 1 fully saturated rings. The Bertz CT molecular complexity index is 602. The van der Waals surface area contributed by atoms with Gasteiger partial charge in [-0.2, -0.15) is 0 Å².